The molecule has 1 aromatic rings. The summed E-state index contributed by atoms with van der Waals surface area (Å²) in [5.74, 6) is 0. The normalized spacial score (nSPS) is 24.4. The van der Waals surface area contributed by atoms with Crippen molar-refractivity contribution in [3.05, 3.63) is 34.9 Å². The first-order valence-electron chi connectivity index (χ1n) is 6.71. The smallest absolute Gasteiger partial charge is 0.0409 e. The molecular formula is C15H23ClN2. The Morgan fingerprint density at radius 1 is 1.44 bits per heavy atom. The van der Waals surface area contributed by atoms with Gasteiger partial charge in [0.2, 0.25) is 0 Å². The van der Waals surface area contributed by atoms with Crippen LogP contribution < -0.4 is 5.32 Å². The molecule has 1 aromatic carbocycles. The zero-order valence-electron chi connectivity index (χ0n) is 11.4. The first kappa shape index (κ1) is 13.9. The molecule has 0 bridgehead atoms. The molecule has 0 aliphatic carbocycles. The SMILES string of the molecule is CN(Cc1cccc(Cl)c1)CC1(C)CCCNC1. The third kappa shape index (κ3) is 3.98. The molecule has 0 amide bonds. The standard InChI is InChI=1S/C15H23ClN2/c1-15(7-4-8-17-11-15)12-18(2)10-13-5-3-6-14(16)9-13/h3,5-6,9,17H,4,7-8,10-12H2,1-2H3. The van der Waals surface area contributed by atoms with Crippen LogP contribution in [0.15, 0.2) is 24.3 Å². The third-order valence-electron chi connectivity index (χ3n) is 3.68. The zero-order chi connectivity index (χ0) is 13.0. The average molecular weight is 267 g/mol. The molecule has 2 rings (SSSR count). The Kier molecular flexibility index (Phi) is 4.66. The van der Waals surface area contributed by atoms with Crippen LogP contribution in [0.25, 0.3) is 0 Å². The molecule has 1 fully saturated rings. The van der Waals surface area contributed by atoms with Gasteiger partial charge < -0.3 is 10.2 Å². The van der Waals surface area contributed by atoms with Crippen LogP contribution in [0.3, 0.4) is 0 Å². The maximum Gasteiger partial charge on any atom is 0.0409 e. The maximum atomic E-state index is 6.02. The molecule has 0 aromatic heterocycles. The van der Waals surface area contributed by atoms with Gasteiger partial charge in [-0.05, 0) is 49.5 Å². The van der Waals surface area contributed by atoms with Crippen LogP contribution in [-0.4, -0.2) is 31.6 Å². The van der Waals surface area contributed by atoms with Crippen LogP contribution in [-0.2, 0) is 6.54 Å². The summed E-state index contributed by atoms with van der Waals surface area (Å²) in [5.41, 5.74) is 1.70. The molecule has 1 heterocycles. The van der Waals surface area contributed by atoms with Gasteiger partial charge in [0.05, 0.1) is 0 Å². The van der Waals surface area contributed by atoms with Gasteiger partial charge in [-0.25, -0.2) is 0 Å². The Balaban J connectivity index is 1.90. The highest BCUT2D eigenvalue weighted by Crippen LogP contribution is 2.26. The van der Waals surface area contributed by atoms with Crippen LogP contribution in [0.2, 0.25) is 5.02 Å². The molecule has 2 nitrogen and oxygen atoms in total. The lowest BCUT2D eigenvalue weighted by Crippen LogP contribution is -2.44. The van der Waals surface area contributed by atoms with E-state index >= 15 is 0 Å². The average Bonchev–Trinajstić information content (AvgIpc) is 2.28. The van der Waals surface area contributed by atoms with Crippen molar-refractivity contribution in [2.24, 2.45) is 5.41 Å². The number of hydrogen-bond donors (Lipinski definition) is 1. The lowest BCUT2D eigenvalue weighted by Gasteiger charge is -2.37. The Morgan fingerprint density at radius 2 is 2.28 bits per heavy atom. The molecule has 100 valence electrons. The maximum absolute atomic E-state index is 6.02. The fourth-order valence-corrected chi connectivity index (χ4v) is 3.12. The number of halogens is 1. The predicted molar refractivity (Wildman–Crippen MR) is 78.0 cm³/mol. The number of rotatable bonds is 4. The summed E-state index contributed by atoms with van der Waals surface area (Å²) in [6, 6.07) is 8.15. The molecule has 1 saturated heterocycles. The summed E-state index contributed by atoms with van der Waals surface area (Å²) in [6.07, 6.45) is 2.61. The summed E-state index contributed by atoms with van der Waals surface area (Å²) in [5, 5.41) is 4.33. The minimum absolute atomic E-state index is 0.408. The number of benzene rings is 1. The van der Waals surface area contributed by atoms with Crippen molar-refractivity contribution >= 4 is 11.6 Å². The molecule has 1 aliphatic heterocycles. The Hall–Kier alpha value is -0.570. The van der Waals surface area contributed by atoms with Crippen LogP contribution in [0, 0.1) is 5.41 Å². The fraction of sp³-hybridized carbons (Fsp3) is 0.600. The first-order valence-corrected chi connectivity index (χ1v) is 7.09. The summed E-state index contributed by atoms with van der Waals surface area (Å²) in [4.78, 5) is 2.40. The molecule has 18 heavy (non-hydrogen) atoms. The number of hydrogen-bond acceptors (Lipinski definition) is 2. The summed E-state index contributed by atoms with van der Waals surface area (Å²) < 4.78 is 0. The zero-order valence-corrected chi connectivity index (χ0v) is 12.1. The Bertz CT molecular complexity index is 386. The van der Waals surface area contributed by atoms with Gasteiger partial charge in [-0.1, -0.05) is 30.7 Å². The highest BCUT2D eigenvalue weighted by molar-refractivity contribution is 6.30. The van der Waals surface area contributed by atoms with Crippen LogP contribution in [0.1, 0.15) is 25.3 Å². The van der Waals surface area contributed by atoms with Crippen LogP contribution in [0.5, 0.6) is 0 Å². The van der Waals surface area contributed by atoms with Crippen molar-refractivity contribution in [1.29, 1.82) is 0 Å². The highest BCUT2D eigenvalue weighted by Gasteiger charge is 2.27. The second kappa shape index (κ2) is 6.05. The lowest BCUT2D eigenvalue weighted by molar-refractivity contribution is 0.148. The van der Waals surface area contributed by atoms with Crippen molar-refractivity contribution in [3.63, 3.8) is 0 Å². The molecular weight excluding hydrogens is 244 g/mol. The van der Waals surface area contributed by atoms with E-state index in [9.17, 15) is 0 Å². The molecule has 0 saturated carbocycles. The molecule has 0 spiro atoms. The minimum Gasteiger partial charge on any atom is -0.316 e. The van der Waals surface area contributed by atoms with Crippen molar-refractivity contribution in [2.45, 2.75) is 26.3 Å². The number of piperidine rings is 1. The van der Waals surface area contributed by atoms with Crippen LogP contribution in [0.4, 0.5) is 0 Å². The van der Waals surface area contributed by atoms with Gasteiger partial charge in [0.15, 0.2) is 0 Å². The van der Waals surface area contributed by atoms with E-state index in [1.165, 1.54) is 24.9 Å². The second-order valence-corrected chi connectivity index (χ2v) is 6.33. The largest absolute Gasteiger partial charge is 0.316 e. The van der Waals surface area contributed by atoms with Gasteiger partial charge in [0.25, 0.3) is 0 Å². The quantitative estimate of drug-likeness (QED) is 0.901. The fourth-order valence-electron chi connectivity index (χ4n) is 2.91. The third-order valence-corrected chi connectivity index (χ3v) is 3.91. The minimum atomic E-state index is 0.408. The lowest BCUT2D eigenvalue weighted by atomic mass is 9.82. The molecule has 1 unspecified atom stereocenters. The van der Waals surface area contributed by atoms with E-state index < -0.39 is 0 Å². The van der Waals surface area contributed by atoms with E-state index in [4.69, 9.17) is 11.6 Å². The van der Waals surface area contributed by atoms with E-state index in [0.717, 1.165) is 24.7 Å². The summed E-state index contributed by atoms with van der Waals surface area (Å²) in [6.45, 7) is 6.79. The number of nitrogens with zero attached hydrogens (tertiary/aromatic N) is 1. The Morgan fingerprint density at radius 3 is 2.94 bits per heavy atom. The van der Waals surface area contributed by atoms with Gasteiger partial charge in [0, 0.05) is 24.7 Å². The highest BCUT2D eigenvalue weighted by atomic mass is 35.5. The van der Waals surface area contributed by atoms with E-state index in [2.05, 4.69) is 36.3 Å². The summed E-state index contributed by atoms with van der Waals surface area (Å²) >= 11 is 6.02. The van der Waals surface area contributed by atoms with E-state index in [1.807, 2.05) is 12.1 Å². The van der Waals surface area contributed by atoms with Gasteiger partial charge in [-0.15, -0.1) is 0 Å². The summed E-state index contributed by atoms with van der Waals surface area (Å²) in [7, 11) is 2.20. The van der Waals surface area contributed by atoms with E-state index in [-0.39, 0.29) is 0 Å². The monoisotopic (exact) mass is 266 g/mol. The van der Waals surface area contributed by atoms with Crippen molar-refractivity contribution in [1.82, 2.24) is 10.2 Å². The topological polar surface area (TPSA) is 15.3 Å². The second-order valence-electron chi connectivity index (χ2n) is 5.89. The van der Waals surface area contributed by atoms with E-state index in [1.54, 1.807) is 0 Å². The molecule has 1 N–H and O–H groups in total. The van der Waals surface area contributed by atoms with Gasteiger partial charge in [-0.3, -0.25) is 0 Å². The molecule has 3 heteroatoms. The van der Waals surface area contributed by atoms with Crippen molar-refractivity contribution in [3.8, 4) is 0 Å². The predicted octanol–water partition coefficient (Wildman–Crippen LogP) is 3.16. The van der Waals surface area contributed by atoms with E-state index in [0.29, 0.717) is 5.41 Å². The van der Waals surface area contributed by atoms with Gasteiger partial charge in [-0.2, -0.15) is 0 Å². The first-order chi connectivity index (χ1) is 8.57. The van der Waals surface area contributed by atoms with Crippen molar-refractivity contribution < 1.29 is 0 Å². The Labute approximate surface area is 115 Å². The van der Waals surface area contributed by atoms with Crippen LogP contribution >= 0.6 is 11.6 Å². The van der Waals surface area contributed by atoms with Gasteiger partial charge in [0.1, 0.15) is 0 Å². The molecule has 0 radical (unpaired) electrons. The molecule has 1 aliphatic rings. The van der Waals surface area contributed by atoms with Gasteiger partial charge >= 0.3 is 0 Å². The number of nitrogens with one attached hydrogen (secondary N) is 1. The van der Waals surface area contributed by atoms with Crippen molar-refractivity contribution in [2.75, 3.05) is 26.7 Å². The molecule has 1 atom stereocenters.